The summed E-state index contributed by atoms with van der Waals surface area (Å²) in [5.74, 6) is -34.6. The quantitative estimate of drug-likeness (QED) is 0.0153. The van der Waals surface area contributed by atoms with Gasteiger partial charge in [-0.15, -0.1) is 0 Å². The number of aliphatic hydroxyl groups excluding tert-OH is 3. The Kier molecular flexibility index (Phi) is 56.0. The van der Waals surface area contributed by atoms with Gasteiger partial charge in [-0.05, 0) is 130 Å². The second-order valence-corrected chi connectivity index (χ2v) is 33.5. The lowest BCUT2D eigenvalue weighted by Gasteiger charge is -2.31. The first-order valence-corrected chi connectivity index (χ1v) is 44.6. The summed E-state index contributed by atoms with van der Waals surface area (Å²) in [5, 5.41) is 138. The van der Waals surface area contributed by atoms with Crippen LogP contribution in [0, 0.1) is 17.2 Å². The third-order valence-electron chi connectivity index (χ3n) is 21.1. The van der Waals surface area contributed by atoms with E-state index in [1.54, 1.807) is 20.8 Å². The Bertz CT molecular complexity index is 4370. The fourth-order valence-electron chi connectivity index (χ4n) is 13.4. The summed E-state index contributed by atoms with van der Waals surface area (Å²) in [6.45, 7) is 7.31. The van der Waals surface area contributed by atoms with Crippen molar-refractivity contribution in [1.29, 1.82) is 5.41 Å². The average Bonchev–Trinajstić information content (AvgIpc) is 1.63. The van der Waals surface area contributed by atoms with Crippen molar-refractivity contribution in [3.63, 3.8) is 0 Å². The van der Waals surface area contributed by atoms with Crippen LogP contribution in [-0.4, -0.2) is 366 Å². The van der Waals surface area contributed by atoms with Gasteiger partial charge >= 0.3 is 35.8 Å². The van der Waals surface area contributed by atoms with Crippen LogP contribution in [-0.2, 0) is 120 Å². The lowest BCUT2D eigenvalue weighted by atomic mass is 9.97. The molecule has 788 valence electrons. The molecule has 0 aliphatic carbocycles. The molecule has 20 atom stereocenters. The molecule has 1 aliphatic rings. The highest BCUT2D eigenvalue weighted by molar-refractivity contribution is 6.03. The molecule has 59 heteroatoms. The third kappa shape index (κ3) is 47.2. The van der Waals surface area contributed by atoms with E-state index in [9.17, 15) is 166 Å². The number of amides is 19. The predicted octanol–water partition coefficient (Wildman–Crippen LogP) is -14.1. The van der Waals surface area contributed by atoms with Gasteiger partial charge in [0.2, 0.25) is 112 Å². The summed E-state index contributed by atoms with van der Waals surface area (Å²) in [4.78, 5) is 331. The molecule has 0 bridgehead atoms. The van der Waals surface area contributed by atoms with E-state index in [4.69, 9.17) is 34.1 Å². The monoisotopic (exact) mass is 2000 g/mol. The zero-order chi connectivity index (χ0) is 107. The molecule has 140 heavy (non-hydrogen) atoms. The highest BCUT2D eigenvalue weighted by atomic mass is 16.4. The number of aliphatic carboxylic acids is 6. The van der Waals surface area contributed by atoms with E-state index in [-0.39, 0.29) is 89.9 Å². The van der Waals surface area contributed by atoms with Gasteiger partial charge < -0.3 is 175 Å². The maximum Gasteiger partial charge on any atom is 0.326 e. The Morgan fingerprint density at radius 3 is 1.20 bits per heavy atom. The van der Waals surface area contributed by atoms with Gasteiger partial charge in [-0.3, -0.25) is 120 Å². The predicted molar refractivity (Wildman–Crippen MR) is 481 cm³/mol. The number of carbonyl (C=O) groups excluding carboxylic acids is 19. The van der Waals surface area contributed by atoms with E-state index < -0.39 is 346 Å². The van der Waals surface area contributed by atoms with Crippen LogP contribution >= 0.6 is 0 Å². The first-order chi connectivity index (χ1) is 65.4. The van der Waals surface area contributed by atoms with Crippen LogP contribution in [0.1, 0.15) is 177 Å². The van der Waals surface area contributed by atoms with Crippen molar-refractivity contribution in [3.05, 3.63) is 0 Å². The van der Waals surface area contributed by atoms with E-state index in [1.165, 1.54) is 6.92 Å². The molecule has 1 fully saturated rings. The van der Waals surface area contributed by atoms with E-state index in [0.29, 0.717) is 12.8 Å². The van der Waals surface area contributed by atoms with E-state index in [2.05, 4.69) is 79.8 Å². The summed E-state index contributed by atoms with van der Waals surface area (Å²) in [7, 11) is 0. The largest absolute Gasteiger partial charge is 0.481 e. The van der Waals surface area contributed by atoms with Crippen LogP contribution in [0.2, 0.25) is 0 Å². The number of hydrogen-bond acceptors (Lipinski definition) is 32. The van der Waals surface area contributed by atoms with Crippen molar-refractivity contribution in [2.24, 2.45) is 40.5 Å². The fraction of sp³-hybridized carbons (Fsp3) is 0.679. The van der Waals surface area contributed by atoms with Gasteiger partial charge in [0.25, 0.3) is 0 Å². The van der Waals surface area contributed by atoms with Crippen LogP contribution in [0.15, 0.2) is 0 Å². The molecule has 1 heterocycles. The average molecular weight is 2000 g/mol. The Balaban J connectivity index is 3.39. The number of hydrogen-bond donors (Lipinski definition) is 33. The molecule has 1 saturated heterocycles. The summed E-state index contributed by atoms with van der Waals surface area (Å²) < 4.78 is 0. The minimum absolute atomic E-state index is 0.0153. The number of likely N-dealkylation sites (tertiary alicyclic amines) is 1. The number of unbranched alkanes of at least 4 members (excludes halogenated alkanes) is 2. The summed E-state index contributed by atoms with van der Waals surface area (Å²) in [6, 6.07) is -29.2. The number of carboxylic acid groups (broad SMARTS) is 6. The molecular weight excluding hydrogens is 1870 g/mol. The maximum absolute atomic E-state index is 14.4. The number of nitrogens with one attached hydrogen (secondary N) is 19. The van der Waals surface area contributed by atoms with Crippen molar-refractivity contribution < 1.29 is 166 Å². The molecule has 0 radical (unpaired) electrons. The zero-order valence-corrected chi connectivity index (χ0v) is 78.6. The number of aliphatic hydroxyl groups is 3. The van der Waals surface area contributed by atoms with Gasteiger partial charge in [-0.2, -0.15) is 0 Å². The number of carboxylic acids is 6. The van der Waals surface area contributed by atoms with Crippen molar-refractivity contribution in [2.75, 3.05) is 45.8 Å². The molecule has 59 nitrogen and oxygen atoms in total. The fourth-order valence-corrected chi connectivity index (χ4v) is 13.4. The molecule has 1 aliphatic heterocycles. The van der Waals surface area contributed by atoms with Gasteiger partial charge in [0, 0.05) is 19.5 Å². The first-order valence-electron chi connectivity index (χ1n) is 44.6. The van der Waals surface area contributed by atoms with Gasteiger partial charge in [0.05, 0.1) is 76.1 Å². The molecule has 38 N–H and O–H groups in total. The van der Waals surface area contributed by atoms with Crippen LogP contribution in [0.3, 0.4) is 0 Å². The Hall–Kier alpha value is -14.2. The number of nitrogens with two attached hydrogens (primary N) is 5. The lowest BCUT2D eigenvalue weighted by Crippen LogP contribution is -2.63. The lowest BCUT2D eigenvalue weighted by molar-refractivity contribution is -0.147. The van der Waals surface area contributed by atoms with Crippen LogP contribution in [0.25, 0.3) is 0 Å². The van der Waals surface area contributed by atoms with Gasteiger partial charge in [0.15, 0.2) is 5.96 Å². The third-order valence-corrected chi connectivity index (χ3v) is 21.1. The molecule has 0 saturated carbocycles. The molecule has 0 spiro atoms. The van der Waals surface area contributed by atoms with Gasteiger partial charge in [-0.25, -0.2) is 4.79 Å². The zero-order valence-electron chi connectivity index (χ0n) is 78.6. The standard InChI is InChI=1S/C81H135N25O34/c1-9-36(4)61(102-66(125)41(84)27-52(85)110)76(135)100-49(30-59(120)121)73(132)104-64(40(8)109)78(137)105-63(39(7)108)77(136)101-50(31-60(122)123)79(138)106-25-15-19-51(106)74(133)97-44(20-21-56(114)115)68(127)92-37(5)65(124)89-32-54(112)95-47(28-57(116)117)71(130)96-43(16-10-12-22-82)69(128)99-48(29-58(118)119)72(131)103-62(38(6)107)75(134)91-34-53(111)93-42(18-14-24-88-81(86)87)67(126)90-33-55(113)94-46(26-35(2)3)70(129)98-45(80(139)140)17-11-13-23-83/h35-51,61-64,107-109H,9-34,82-84H2,1-8H3,(H2,85,110)(H,89,124)(H,90,126)(H,91,134)(H,92,127)(H,93,111)(H,94,113)(H,95,112)(H,96,130)(H,97,133)(H,98,129)(H,99,128)(H,100,135)(H,101,136)(H,102,125)(H,103,131)(H,104,132)(H,105,137)(H,114,115)(H,116,117)(H,118,119)(H,120,121)(H,122,123)(H,139,140)(H4,86,87,88)/t36-,37-,38+,39+,40+,41-,42-,43-,44-,45-,46-,47-,48-,49-,50-,51-,61-,62-,63-,64-/m0/s1. The van der Waals surface area contributed by atoms with Gasteiger partial charge in [0.1, 0.15) is 90.6 Å². The first kappa shape index (κ1) is 124. The normalized spacial score (nSPS) is 16.2. The SMILES string of the molecule is CC[C@H](C)[C@H](NC(=O)[C@@H](N)CC(N)=O)C(=O)N[C@@H](CC(=O)O)C(=O)N[C@H](C(=O)N[C@H](C(=O)N[C@@H](CC(=O)O)C(=O)N1CCC[C@H]1C(=O)N[C@@H](CCC(=O)O)C(=O)N[C@@H](C)C(=O)NCC(=O)N[C@@H](CC(=O)O)C(=O)N[C@@H](CCCCN)C(=O)N[C@@H](CC(=O)O)C(=O)N[C@H](C(=O)NCC(=O)N[C@@H](CCCNC(=N)N)C(=O)NCC(=O)N[C@@H](CC(C)C)C(=O)N[C@@H](CCCCN)C(=O)O)[C@@H](C)O)[C@@H](C)O)[C@@H](C)O. The van der Waals surface area contributed by atoms with Crippen LogP contribution in [0.4, 0.5) is 0 Å². The highest BCUT2D eigenvalue weighted by Crippen LogP contribution is 2.22. The highest BCUT2D eigenvalue weighted by Gasteiger charge is 2.44. The number of nitrogens with zero attached hydrogens (tertiary/aromatic N) is 1. The Morgan fingerprint density at radius 2 is 0.736 bits per heavy atom. The van der Waals surface area contributed by atoms with Crippen molar-refractivity contribution in [2.45, 2.75) is 292 Å². The van der Waals surface area contributed by atoms with E-state index >= 15 is 0 Å². The number of guanidine groups is 1. The summed E-state index contributed by atoms with van der Waals surface area (Å²) in [5.41, 5.74) is 27.4. The maximum atomic E-state index is 14.4. The molecule has 0 aromatic heterocycles. The number of carbonyl (C=O) groups is 25. The van der Waals surface area contributed by atoms with E-state index in [0.717, 1.165) is 32.6 Å². The van der Waals surface area contributed by atoms with Crippen LogP contribution < -0.4 is 124 Å². The molecule has 0 unspecified atom stereocenters. The minimum atomic E-state index is -2.21. The molecule has 19 amide bonds. The minimum Gasteiger partial charge on any atom is -0.481 e. The molecular formula is C81H135N25O34. The number of primary amides is 1. The molecule has 0 aromatic rings. The Morgan fingerprint density at radius 1 is 0.371 bits per heavy atom. The van der Waals surface area contributed by atoms with Crippen molar-refractivity contribution >= 4 is 154 Å². The molecule has 0 aromatic carbocycles. The summed E-state index contributed by atoms with van der Waals surface area (Å²) in [6.07, 6.45) is -12.6. The van der Waals surface area contributed by atoms with Crippen molar-refractivity contribution in [3.8, 4) is 0 Å². The summed E-state index contributed by atoms with van der Waals surface area (Å²) >= 11 is 0. The van der Waals surface area contributed by atoms with Crippen molar-refractivity contribution in [1.82, 2.24) is 101 Å². The van der Waals surface area contributed by atoms with Crippen LogP contribution in [0.5, 0.6) is 0 Å². The number of rotatable bonds is 68. The van der Waals surface area contributed by atoms with E-state index in [1.807, 2.05) is 16.0 Å². The topological polar surface area (TPSA) is 983 Å². The smallest absolute Gasteiger partial charge is 0.326 e. The molecule has 1 rings (SSSR count). The second-order valence-electron chi connectivity index (χ2n) is 33.5. The Labute approximate surface area is 801 Å². The van der Waals surface area contributed by atoms with Gasteiger partial charge in [-0.1, -0.05) is 34.1 Å². The second kappa shape index (κ2) is 63.3.